The van der Waals surface area contributed by atoms with E-state index in [1.807, 2.05) is 18.2 Å². The van der Waals surface area contributed by atoms with Gasteiger partial charge in [-0.2, -0.15) is 0 Å². The third kappa shape index (κ3) is 5.73. The molecule has 0 bridgehead atoms. The molecule has 0 radical (unpaired) electrons. The average molecular weight is 420 g/mol. The van der Waals surface area contributed by atoms with Gasteiger partial charge in [-0.3, -0.25) is 4.90 Å². The fourth-order valence-corrected chi connectivity index (χ4v) is 3.32. The summed E-state index contributed by atoms with van der Waals surface area (Å²) in [6.45, 7) is 5.46. The topological polar surface area (TPSA) is 30.9 Å². The van der Waals surface area contributed by atoms with Crippen LogP contribution < -0.4 is 9.47 Å². The van der Waals surface area contributed by atoms with Gasteiger partial charge in [-0.15, -0.1) is 0 Å². The standard InChI is InChI=1S/C21H26BrNO3/c1-24-21-15-17(3-2-10-23-11-13-25-14-12-23)6-9-20(21)26-16-18-4-7-19(22)8-5-18/h4-9,15H,2-3,10-14,16H2,1H3. The third-order valence-corrected chi connectivity index (χ3v) is 5.11. The quantitative estimate of drug-likeness (QED) is 0.637. The Balaban J connectivity index is 1.52. The van der Waals surface area contributed by atoms with E-state index < -0.39 is 0 Å². The molecule has 2 aromatic rings. The molecule has 3 rings (SSSR count). The minimum atomic E-state index is 0.528. The number of methoxy groups -OCH3 is 1. The summed E-state index contributed by atoms with van der Waals surface area (Å²) in [5, 5.41) is 0. The van der Waals surface area contributed by atoms with Crippen LogP contribution >= 0.6 is 15.9 Å². The first-order chi connectivity index (χ1) is 12.7. The van der Waals surface area contributed by atoms with Crippen molar-refractivity contribution in [1.82, 2.24) is 4.90 Å². The van der Waals surface area contributed by atoms with Crippen molar-refractivity contribution in [1.29, 1.82) is 0 Å². The highest BCUT2D eigenvalue weighted by Gasteiger charge is 2.10. The third-order valence-electron chi connectivity index (χ3n) is 4.58. The maximum Gasteiger partial charge on any atom is 0.161 e. The van der Waals surface area contributed by atoms with E-state index in [-0.39, 0.29) is 0 Å². The maximum absolute atomic E-state index is 5.95. The molecule has 1 saturated heterocycles. The van der Waals surface area contributed by atoms with E-state index in [4.69, 9.17) is 14.2 Å². The first-order valence-electron chi connectivity index (χ1n) is 9.09. The Hall–Kier alpha value is -1.56. The molecule has 1 aliphatic heterocycles. The molecule has 0 aromatic heterocycles. The van der Waals surface area contributed by atoms with Crippen molar-refractivity contribution in [2.24, 2.45) is 0 Å². The van der Waals surface area contributed by atoms with Crippen molar-refractivity contribution >= 4 is 15.9 Å². The van der Waals surface area contributed by atoms with Crippen LogP contribution in [0.1, 0.15) is 17.5 Å². The second-order valence-corrected chi connectivity index (χ2v) is 7.37. The number of hydrogen-bond donors (Lipinski definition) is 0. The van der Waals surface area contributed by atoms with E-state index in [0.717, 1.165) is 67.2 Å². The van der Waals surface area contributed by atoms with E-state index in [0.29, 0.717) is 6.61 Å². The van der Waals surface area contributed by atoms with Gasteiger partial charge >= 0.3 is 0 Å². The summed E-state index contributed by atoms with van der Waals surface area (Å²) >= 11 is 3.45. The number of ether oxygens (including phenoxy) is 3. The zero-order chi connectivity index (χ0) is 18.2. The second-order valence-electron chi connectivity index (χ2n) is 6.46. The SMILES string of the molecule is COc1cc(CCCN2CCOCC2)ccc1OCc1ccc(Br)cc1. The molecule has 2 aromatic carbocycles. The van der Waals surface area contributed by atoms with E-state index in [1.54, 1.807) is 7.11 Å². The van der Waals surface area contributed by atoms with Crippen LogP contribution in [0.2, 0.25) is 0 Å². The minimum Gasteiger partial charge on any atom is -0.493 e. The Morgan fingerprint density at radius 2 is 1.73 bits per heavy atom. The summed E-state index contributed by atoms with van der Waals surface area (Å²) in [6, 6.07) is 14.4. The van der Waals surface area contributed by atoms with Gasteiger partial charge in [0.25, 0.3) is 0 Å². The average Bonchev–Trinajstić information content (AvgIpc) is 2.69. The molecule has 140 valence electrons. The van der Waals surface area contributed by atoms with Crippen molar-refractivity contribution in [2.45, 2.75) is 19.4 Å². The van der Waals surface area contributed by atoms with Crippen LogP contribution in [-0.4, -0.2) is 44.9 Å². The predicted molar refractivity (Wildman–Crippen MR) is 107 cm³/mol. The Morgan fingerprint density at radius 3 is 2.46 bits per heavy atom. The lowest BCUT2D eigenvalue weighted by Crippen LogP contribution is -2.36. The van der Waals surface area contributed by atoms with Crippen molar-refractivity contribution in [2.75, 3.05) is 40.0 Å². The molecule has 0 atom stereocenters. The Bertz CT molecular complexity index is 684. The molecule has 0 saturated carbocycles. The van der Waals surface area contributed by atoms with Gasteiger partial charge in [0.1, 0.15) is 6.61 Å². The molecule has 0 amide bonds. The van der Waals surface area contributed by atoms with Crippen molar-refractivity contribution < 1.29 is 14.2 Å². The normalized spacial score (nSPS) is 15.0. The molecule has 0 spiro atoms. The molecule has 0 unspecified atom stereocenters. The summed E-state index contributed by atoms with van der Waals surface area (Å²) < 4.78 is 17.9. The molecular weight excluding hydrogens is 394 g/mol. The summed E-state index contributed by atoms with van der Waals surface area (Å²) in [5.41, 5.74) is 2.41. The smallest absolute Gasteiger partial charge is 0.161 e. The van der Waals surface area contributed by atoms with Gasteiger partial charge in [0.05, 0.1) is 20.3 Å². The first kappa shape index (κ1) is 19.2. The molecule has 1 aliphatic rings. The lowest BCUT2D eigenvalue weighted by molar-refractivity contribution is 0.0374. The van der Waals surface area contributed by atoms with E-state index >= 15 is 0 Å². The van der Waals surface area contributed by atoms with Gasteiger partial charge in [0.15, 0.2) is 11.5 Å². The second kappa shape index (κ2) is 9.95. The molecule has 0 aliphatic carbocycles. The predicted octanol–water partition coefficient (Wildman–Crippen LogP) is 4.30. The Morgan fingerprint density at radius 1 is 1.00 bits per heavy atom. The number of morpholine rings is 1. The maximum atomic E-state index is 5.95. The number of nitrogens with zero attached hydrogens (tertiary/aromatic N) is 1. The molecule has 26 heavy (non-hydrogen) atoms. The van der Waals surface area contributed by atoms with Crippen molar-refractivity contribution in [3.63, 3.8) is 0 Å². The van der Waals surface area contributed by atoms with Crippen LogP contribution in [0.4, 0.5) is 0 Å². The lowest BCUT2D eigenvalue weighted by Gasteiger charge is -2.26. The number of aryl methyl sites for hydroxylation is 1. The first-order valence-corrected chi connectivity index (χ1v) is 9.88. The van der Waals surface area contributed by atoms with E-state index in [9.17, 15) is 0 Å². The fraction of sp³-hybridized carbons (Fsp3) is 0.429. The van der Waals surface area contributed by atoms with Gasteiger partial charge < -0.3 is 14.2 Å². The van der Waals surface area contributed by atoms with Crippen LogP contribution in [0.5, 0.6) is 11.5 Å². The Kier molecular flexibility index (Phi) is 7.35. The summed E-state index contributed by atoms with van der Waals surface area (Å²) in [6.07, 6.45) is 2.18. The van der Waals surface area contributed by atoms with Crippen LogP contribution in [0.25, 0.3) is 0 Å². The van der Waals surface area contributed by atoms with Gasteiger partial charge in [0, 0.05) is 17.6 Å². The molecular formula is C21H26BrNO3. The molecule has 1 heterocycles. The molecule has 5 heteroatoms. The van der Waals surface area contributed by atoms with E-state index in [2.05, 4.69) is 45.1 Å². The minimum absolute atomic E-state index is 0.528. The van der Waals surface area contributed by atoms with Gasteiger partial charge in [0.2, 0.25) is 0 Å². The summed E-state index contributed by atoms with van der Waals surface area (Å²) in [5.74, 6) is 1.58. The van der Waals surface area contributed by atoms with Gasteiger partial charge in [-0.05, 0) is 54.8 Å². The largest absolute Gasteiger partial charge is 0.493 e. The summed E-state index contributed by atoms with van der Waals surface area (Å²) in [4.78, 5) is 2.47. The number of benzene rings is 2. The fourth-order valence-electron chi connectivity index (χ4n) is 3.06. The Labute approximate surface area is 164 Å². The van der Waals surface area contributed by atoms with Crippen LogP contribution in [0.15, 0.2) is 46.9 Å². The van der Waals surface area contributed by atoms with Crippen LogP contribution in [0, 0.1) is 0 Å². The van der Waals surface area contributed by atoms with Gasteiger partial charge in [-0.1, -0.05) is 34.1 Å². The van der Waals surface area contributed by atoms with Crippen LogP contribution in [0.3, 0.4) is 0 Å². The van der Waals surface area contributed by atoms with Crippen LogP contribution in [-0.2, 0) is 17.8 Å². The molecule has 0 N–H and O–H groups in total. The zero-order valence-electron chi connectivity index (χ0n) is 15.2. The summed E-state index contributed by atoms with van der Waals surface area (Å²) in [7, 11) is 1.69. The highest BCUT2D eigenvalue weighted by Crippen LogP contribution is 2.29. The number of hydrogen-bond acceptors (Lipinski definition) is 4. The zero-order valence-corrected chi connectivity index (χ0v) is 16.8. The highest BCUT2D eigenvalue weighted by atomic mass is 79.9. The number of halogens is 1. The van der Waals surface area contributed by atoms with Crippen molar-refractivity contribution in [3.8, 4) is 11.5 Å². The molecule has 4 nitrogen and oxygen atoms in total. The van der Waals surface area contributed by atoms with Gasteiger partial charge in [-0.25, -0.2) is 0 Å². The van der Waals surface area contributed by atoms with E-state index in [1.165, 1.54) is 5.56 Å². The number of rotatable bonds is 8. The molecule has 1 fully saturated rings. The highest BCUT2D eigenvalue weighted by molar-refractivity contribution is 9.10. The van der Waals surface area contributed by atoms with Crippen molar-refractivity contribution in [3.05, 3.63) is 58.1 Å². The monoisotopic (exact) mass is 419 g/mol. The lowest BCUT2D eigenvalue weighted by atomic mass is 10.1.